The molecule has 0 aliphatic heterocycles. The summed E-state index contributed by atoms with van der Waals surface area (Å²) in [5, 5.41) is 8.28. The van der Waals surface area contributed by atoms with Gasteiger partial charge >= 0.3 is 0 Å². The Morgan fingerprint density at radius 1 is 1.55 bits per heavy atom. The molecule has 1 unspecified atom stereocenters. The Morgan fingerprint density at radius 2 is 2.09 bits per heavy atom. The van der Waals surface area contributed by atoms with Crippen molar-refractivity contribution in [3.8, 4) is 6.07 Å². The van der Waals surface area contributed by atoms with Crippen molar-refractivity contribution in [3.63, 3.8) is 0 Å². The summed E-state index contributed by atoms with van der Waals surface area (Å²) in [6.07, 6.45) is 1.41. The fraction of sp³-hybridized carbons (Fsp3) is 0.875. The predicted molar refractivity (Wildman–Crippen MR) is 47.4 cm³/mol. The minimum atomic E-state index is -2.38. The molecular weight excluding hydrogens is 157 g/mol. The second-order valence-electron chi connectivity index (χ2n) is 3.72. The highest BCUT2D eigenvalue weighted by Gasteiger charge is 2.22. The molecule has 0 aromatic carbocycles. The summed E-state index contributed by atoms with van der Waals surface area (Å²) in [7, 11) is -2.38. The first-order valence-electron chi connectivity index (χ1n) is 4.01. The minimum Gasteiger partial charge on any atom is -0.314 e. The van der Waals surface area contributed by atoms with Gasteiger partial charge in [-0.2, -0.15) is 5.26 Å². The molecule has 0 heterocycles. The number of hydrogen-bond donors (Lipinski definition) is 0. The van der Waals surface area contributed by atoms with Gasteiger partial charge in [0, 0.05) is 6.42 Å². The highest BCUT2D eigenvalue weighted by molar-refractivity contribution is 6.70. The van der Waals surface area contributed by atoms with E-state index in [0.717, 1.165) is 6.42 Å². The summed E-state index contributed by atoms with van der Waals surface area (Å²) in [6, 6.07) is 2.77. The number of rotatable bonds is 4. The van der Waals surface area contributed by atoms with Crippen molar-refractivity contribution < 1.29 is 4.11 Å². The summed E-state index contributed by atoms with van der Waals surface area (Å²) in [4.78, 5) is 0. The number of nitriles is 1. The quantitative estimate of drug-likeness (QED) is 0.473. The SMILES string of the molecule is CC(CCC#N)C[Si](C)(C)F. The monoisotopic (exact) mass is 173 g/mol. The molecule has 11 heavy (non-hydrogen) atoms. The van der Waals surface area contributed by atoms with Gasteiger partial charge in [0.1, 0.15) is 0 Å². The van der Waals surface area contributed by atoms with Gasteiger partial charge in [0.25, 0.3) is 0 Å². The van der Waals surface area contributed by atoms with Gasteiger partial charge in [-0.1, -0.05) is 6.92 Å². The maximum atomic E-state index is 13.1. The summed E-state index contributed by atoms with van der Waals surface area (Å²) < 4.78 is 13.1. The molecule has 1 atom stereocenters. The third-order valence-electron chi connectivity index (χ3n) is 1.58. The average molecular weight is 173 g/mol. The third-order valence-corrected chi connectivity index (χ3v) is 3.25. The normalized spacial score (nSPS) is 14.1. The van der Waals surface area contributed by atoms with Crippen LogP contribution in [-0.4, -0.2) is 8.41 Å². The lowest BCUT2D eigenvalue weighted by molar-refractivity contribution is 0.569. The zero-order chi connectivity index (χ0) is 8.91. The summed E-state index contributed by atoms with van der Waals surface area (Å²) in [5.41, 5.74) is 0. The average Bonchev–Trinajstić information content (AvgIpc) is 1.79. The van der Waals surface area contributed by atoms with Crippen molar-refractivity contribution in [2.75, 3.05) is 0 Å². The molecule has 64 valence electrons. The van der Waals surface area contributed by atoms with Crippen LogP contribution in [0.4, 0.5) is 4.11 Å². The van der Waals surface area contributed by atoms with Crippen LogP contribution in [0, 0.1) is 17.2 Å². The molecule has 0 aromatic rings. The summed E-state index contributed by atoms with van der Waals surface area (Å²) in [5.74, 6) is 0.376. The van der Waals surface area contributed by atoms with Gasteiger partial charge in [0.15, 0.2) is 0 Å². The maximum Gasteiger partial charge on any atom is 0.241 e. The molecule has 0 N–H and O–H groups in total. The van der Waals surface area contributed by atoms with E-state index in [9.17, 15) is 4.11 Å². The molecule has 0 spiro atoms. The zero-order valence-corrected chi connectivity index (χ0v) is 8.52. The van der Waals surface area contributed by atoms with Gasteiger partial charge in [-0.05, 0) is 31.5 Å². The van der Waals surface area contributed by atoms with Gasteiger partial charge in [-0.3, -0.25) is 0 Å². The van der Waals surface area contributed by atoms with E-state index >= 15 is 0 Å². The van der Waals surface area contributed by atoms with Crippen molar-refractivity contribution >= 4 is 8.41 Å². The highest BCUT2D eigenvalue weighted by Crippen LogP contribution is 2.20. The van der Waals surface area contributed by atoms with Gasteiger partial charge in [0.05, 0.1) is 6.07 Å². The van der Waals surface area contributed by atoms with Crippen LogP contribution in [0.1, 0.15) is 19.8 Å². The fourth-order valence-electron chi connectivity index (χ4n) is 1.24. The molecule has 0 saturated heterocycles. The Kier molecular flexibility index (Phi) is 4.35. The molecule has 1 nitrogen and oxygen atoms in total. The molecule has 3 heteroatoms. The van der Waals surface area contributed by atoms with Crippen LogP contribution >= 0.6 is 0 Å². The lowest BCUT2D eigenvalue weighted by atomic mass is 10.1. The van der Waals surface area contributed by atoms with Crippen LogP contribution in [0.5, 0.6) is 0 Å². The van der Waals surface area contributed by atoms with Crippen LogP contribution < -0.4 is 0 Å². The molecule has 0 amide bonds. The van der Waals surface area contributed by atoms with E-state index in [2.05, 4.69) is 6.07 Å². The fourth-order valence-corrected chi connectivity index (χ4v) is 3.10. The van der Waals surface area contributed by atoms with Gasteiger partial charge in [-0.25, -0.2) is 0 Å². The Hall–Kier alpha value is -0.363. The lowest BCUT2D eigenvalue weighted by Crippen LogP contribution is -2.21. The summed E-state index contributed by atoms with van der Waals surface area (Å²) in [6.45, 7) is 5.46. The molecule has 0 rings (SSSR count). The molecule has 0 radical (unpaired) electrons. The first kappa shape index (κ1) is 10.6. The standard InChI is InChI=1S/C8H16FNSi/c1-8(5-4-6-10)7-11(2,3)9/h8H,4-5,7H2,1-3H3. The first-order chi connectivity index (χ1) is 4.95. The molecule has 0 fully saturated rings. The van der Waals surface area contributed by atoms with E-state index in [1.54, 1.807) is 13.1 Å². The Bertz CT molecular complexity index is 145. The van der Waals surface area contributed by atoms with Crippen molar-refractivity contribution in [2.45, 2.75) is 38.9 Å². The second-order valence-corrected chi connectivity index (χ2v) is 7.57. The number of halogens is 1. The van der Waals surface area contributed by atoms with E-state index in [1.807, 2.05) is 6.92 Å². The molecule has 0 bridgehead atoms. The van der Waals surface area contributed by atoms with Crippen molar-refractivity contribution in [2.24, 2.45) is 5.92 Å². The molecule has 0 aromatic heterocycles. The summed E-state index contributed by atoms with van der Waals surface area (Å²) >= 11 is 0. The lowest BCUT2D eigenvalue weighted by Gasteiger charge is -2.15. The smallest absolute Gasteiger partial charge is 0.241 e. The van der Waals surface area contributed by atoms with Crippen molar-refractivity contribution in [3.05, 3.63) is 0 Å². The maximum absolute atomic E-state index is 13.1. The van der Waals surface area contributed by atoms with Crippen molar-refractivity contribution in [1.82, 2.24) is 0 Å². The van der Waals surface area contributed by atoms with Gasteiger partial charge < -0.3 is 4.11 Å². The zero-order valence-electron chi connectivity index (χ0n) is 7.52. The van der Waals surface area contributed by atoms with E-state index in [0.29, 0.717) is 18.4 Å². The van der Waals surface area contributed by atoms with E-state index in [1.165, 1.54) is 0 Å². The van der Waals surface area contributed by atoms with Crippen LogP contribution in [-0.2, 0) is 0 Å². The largest absolute Gasteiger partial charge is 0.314 e. The highest BCUT2D eigenvalue weighted by atomic mass is 28.4. The minimum absolute atomic E-state index is 0.376. The molecule has 0 saturated carbocycles. The third kappa shape index (κ3) is 7.53. The second kappa shape index (κ2) is 4.50. The Balaban J connectivity index is 3.54. The Labute approximate surface area is 69.4 Å². The van der Waals surface area contributed by atoms with Crippen LogP contribution in [0.25, 0.3) is 0 Å². The van der Waals surface area contributed by atoms with E-state index < -0.39 is 8.41 Å². The predicted octanol–water partition coefficient (Wildman–Crippen LogP) is 3.10. The van der Waals surface area contributed by atoms with E-state index in [-0.39, 0.29) is 0 Å². The molecule has 0 aliphatic carbocycles. The van der Waals surface area contributed by atoms with Crippen molar-refractivity contribution in [1.29, 1.82) is 5.26 Å². The van der Waals surface area contributed by atoms with E-state index in [4.69, 9.17) is 5.26 Å². The molecule has 0 aliphatic rings. The van der Waals surface area contributed by atoms with Gasteiger partial charge in [0.2, 0.25) is 8.41 Å². The van der Waals surface area contributed by atoms with Crippen LogP contribution in [0.2, 0.25) is 19.1 Å². The van der Waals surface area contributed by atoms with Gasteiger partial charge in [-0.15, -0.1) is 0 Å². The van der Waals surface area contributed by atoms with Crippen LogP contribution in [0.15, 0.2) is 0 Å². The van der Waals surface area contributed by atoms with Crippen LogP contribution in [0.3, 0.4) is 0 Å². The Morgan fingerprint density at radius 3 is 2.45 bits per heavy atom. The topological polar surface area (TPSA) is 23.8 Å². The number of nitrogens with zero attached hydrogens (tertiary/aromatic N) is 1. The number of hydrogen-bond acceptors (Lipinski definition) is 1. The molecular formula is C8H16FNSi. The first-order valence-corrected chi connectivity index (χ1v) is 7.10.